The molecule has 114 valence electrons. The van der Waals surface area contributed by atoms with Gasteiger partial charge >= 0.3 is 0 Å². The van der Waals surface area contributed by atoms with E-state index in [-0.39, 0.29) is 5.56 Å². The van der Waals surface area contributed by atoms with Gasteiger partial charge in [0.15, 0.2) is 0 Å². The van der Waals surface area contributed by atoms with Gasteiger partial charge in [-0.15, -0.1) is 5.10 Å². The standard InChI is InChI=1S/C15H22N4OS/c1-3-5-12-10-13(20)19-14(16-12)21-15(17-19)18-8-4-6-11(2)7-9-18/h10-11H,3-9H2,1-2H3/t11-/m0/s1. The van der Waals surface area contributed by atoms with Crippen molar-refractivity contribution in [3.05, 3.63) is 22.1 Å². The molecule has 0 saturated carbocycles. The first-order valence-corrected chi connectivity index (χ1v) is 8.63. The van der Waals surface area contributed by atoms with Crippen LogP contribution in [0.2, 0.25) is 0 Å². The fourth-order valence-electron chi connectivity index (χ4n) is 2.81. The Morgan fingerprint density at radius 1 is 1.38 bits per heavy atom. The molecule has 1 fully saturated rings. The molecule has 2 aromatic heterocycles. The van der Waals surface area contributed by atoms with E-state index in [0.717, 1.165) is 47.6 Å². The Hall–Kier alpha value is -1.43. The van der Waals surface area contributed by atoms with Crippen LogP contribution in [0.3, 0.4) is 0 Å². The summed E-state index contributed by atoms with van der Waals surface area (Å²) in [6.07, 6.45) is 5.51. The van der Waals surface area contributed by atoms with Gasteiger partial charge in [-0.05, 0) is 31.6 Å². The Morgan fingerprint density at radius 3 is 3.05 bits per heavy atom. The van der Waals surface area contributed by atoms with Gasteiger partial charge < -0.3 is 4.90 Å². The SMILES string of the molecule is CCCc1cc(=O)n2nc(N3CCC[C@H](C)CC3)sc2n1. The largest absolute Gasteiger partial charge is 0.347 e. The highest BCUT2D eigenvalue weighted by Crippen LogP contribution is 2.26. The fourth-order valence-corrected chi connectivity index (χ4v) is 3.79. The van der Waals surface area contributed by atoms with E-state index >= 15 is 0 Å². The molecule has 5 nitrogen and oxygen atoms in total. The van der Waals surface area contributed by atoms with Crippen molar-refractivity contribution in [3.63, 3.8) is 0 Å². The van der Waals surface area contributed by atoms with Gasteiger partial charge in [0.05, 0.1) is 0 Å². The third-order valence-corrected chi connectivity index (χ3v) is 5.05. The van der Waals surface area contributed by atoms with Gasteiger partial charge in [0.25, 0.3) is 5.56 Å². The van der Waals surface area contributed by atoms with E-state index < -0.39 is 0 Å². The quantitative estimate of drug-likeness (QED) is 0.875. The summed E-state index contributed by atoms with van der Waals surface area (Å²) < 4.78 is 1.45. The zero-order chi connectivity index (χ0) is 14.8. The molecule has 1 aliphatic rings. The average Bonchev–Trinajstić information content (AvgIpc) is 2.75. The summed E-state index contributed by atoms with van der Waals surface area (Å²) >= 11 is 1.54. The number of aryl methyl sites for hydroxylation is 1. The van der Waals surface area contributed by atoms with Crippen molar-refractivity contribution >= 4 is 21.4 Å². The molecule has 1 atom stereocenters. The van der Waals surface area contributed by atoms with E-state index in [1.165, 1.54) is 35.1 Å². The summed E-state index contributed by atoms with van der Waals surface area (Å²) in [6, 6.07) is 1.62. The predicted molar refractivity (Wildman–Crippen MR) is 86.4 cm³/mol. The minimum atomic E-state index is -0.0610. The van der Waals surface area contributed by atoms with Gasteiger partial charge in [-0.1, -0.05) is 31.6 Å². The van der Waals surface area contributed by atoms with Gasteiger partial charge in [0.1, 0.15) is 0 Å². The first-order chi connectivity index (χ1) is 10.2. The van der Waals surface area contributed by atoms with Crippen LogP contribution in [0.25, 0.3) is 4.96 Å². The lowest BCUT2D eigenvalue weighted by Gasteiger charge is -2.18. The molecule has 0 amide bonds. The van der Waals surface area contributed by atoms with Crippen molar-refractivity contribution in [2.45, 2.75) is 46.0 Å². The maximum absolute atomic E-state index is 12.1. The van der Waals surface area contributed by atoms with E-state index in [4.69, 9.17) is 0 Å². The van der Waals surface area contributed by atoms with Crippen LogP contribution < -0.4 is 10.5 Å². The minimum absolute atomic E-state index is 0.0610. The highest BCUT2D eigenvalue weighted by molar-refractivity contribution is 7.20. The van der Waals surface area contributed by atoms with Crippen molar-refractivity contribution in [1.82, 2.24) is 14.6 Å². The van der Waals surface area contributed by atoms with E-state index in [9.17, 15) is 4.79 Å². The van der Waals surface area contributed by atoms with Crippen LogP contribution in [-0.4, -0.2) is 27.7 Å². The number of aromatic nitrogens is 3. The third kappa shape index (κ3) is 3.10. The minimum Gasteiger partial charge on any atom is -0.347 e. The second kappa shape index (κ2) is 6.13. The van der Waals surface area contributed by atoms with Gasteiger partial charge in [-0.25, -0.2) is 4.98 Å². The lowest BCUT2D eigenvalue weighted by molar-refractivity contribution is 0.521. The predicted octanol–water partition coefficient (Wildman–Crippen LogP) is 2.73. The molecule has 0 radical (unpaired) electrons. The van der Waals surface area contributed by atoms with Crippen LogP contribution in [-0.2, 0) is 6.42 Å². The van der Waals surface area contributed by atoms with Crippen molar-refractivity contribution in [2.75, 3.05) is 18.0 Å². The van der Waals surface area contributed by atoms with Crippen molar-refractivity contribution in [2.24, 2.45) is 5.92 Å². The van der Waals surface area contributed by atoms with E-state index in [1.807, 2.05) is 0 Å². The lowest BCUT2D eigenvalue weighted by Crippen LogP contribution is -2.24. The molecule has 1 aliphatic heterocycles. The van der Waals surface area contributed by atoms with Crippen molar-refractivity contribution in [3.8, 4) is 0 Å². The van der Waals surface area contributed by atoms with E-state index in [0.29, 0.717) is 0 Å². The molecule has 3 heterocycles. The second-order valence-corrected chi connectivity index (χ2v) is 6.87. The highest BCUT2D eigenvalue weighted by Gasteiger charge is 2.18. The smallest absolute Gasteiger partial charge is 0.275 e. The second-order valence-electron chi connectivity index (χ2n) is 5.94. The summed E-state index contributed by atoms with van der Waals surface area (Å²) in [5, 5.41) is 5.42. The lowest BCUT2D eigenvalue weighted by atomic mass is 10.0. The fraction of sp³-hybridized carbons (Fsp3) is 0.667. The molecule has 0 N–H and O–H groups in total. The van der Waals surface area contributed by atoms with Crippen LogP contribution in [0.15, 0.2) is 10.9 Å². The zero-order valence-corrected chi connectivity index (χ0v) is 13.5. The summed E-state index contributed by atoms with van der Waals surface area (Å²) in [6.45, 7) is 6.46. The van der Waals surface area contributed by atoms with Crippen LogP contribution in [0, 0.1) is 5.92 Å². The molecule has 0 aromatic carbocycles. The Morgan fingerprint density at radius 2 is 2.24 bits per heavy atom. The van der Waals surface area contributed by atoms with Gasteiger partial charge in [0, 0.05) is 24.8 Å². The van der Waals surface area contributed by atoms with E-state index in [1.54, 1.807) is 6.07 Å². The molecule has 0 bridgehead atoms. The molecule has 0 spiro atoms. The van der Waals surface area contributed by atoms with Crippen molar-refractivity contribution < 1.29 is 0 Å². The topological polar surface area (TPSA) is 50.5 Å². The maximum Gasteiger partial charge on any atom is 0.275 e. The number of hydrogen-bond donors (Lipinski definition) is 0. The van der Waals surface area contributed by atoms with Crippen LogP contribution in [0.4, 0.5) is 5.13 Å². The molecule has 1 saturated heterocycles. The summed E-state index contributed by atoms with van der Waals surface area (Å²) in [5.41, 5.74) is 0.816. The van der Waals surface area contributed by atoms with E-state index in [2.05, 4.69) is 28.8 Å². The Bertz CT molecular complexity index is 678. The zero-order valence-electron chi connectivity index (χ0n) is 12.7. The summed E-state index contributed by atoms with van der Waals surface area (Å²) in [7, 11) is 0. The normalized spacial score (nSPS) is 19.9. The van der Waals surface area contributed by atoms with Crippen LogP contribution >= 0.6 is 11.3 Å². The van der Waals surface area contributed by atoms with Gasteiger partial charge in [-0.2, -0.15) is 4.52 Å². The van der Waals surface area contributed by atoms with Crippen molar-refractivity contribution in [1.29, 1.82) is 0 Å². The number of anilines is 1. The molecule has 0 unspecified atom stereocenters. The first-order valence-electron chi connectivity index (χ1n) is 7.82. The average molecular weight is 306 g/mol. The number of fused-ring (bicyclic) bond motifs is 1. The Balaban J connectivity index is 1.93. The molecular formula is C15H22N4OS. The molecule has 21 heavy (non-hydrogen) atoms. The molecule has 0 aliphatic carbocycles. The Kier molecular flexibility index (Phi) is 4.24. The molecule has 6 heteroatoms. The number of hydrogen-bond acceptors (Lipinski definition) is 5. The Labute approximate surface area is 128 Å². The van der Waals surface area contributed by atoms with Gasteiger partial charge in [0.2, 0.25) is 10.1 Å². The molecular weight excluding hydrogens is 284 g/mol. The summed E-state index contributed by atoms with van der Waals surface area (Å²) in [4.78, 5) is 19.7. The monoisotopic (exact) mass is 306 g/mol. The van der Waals surface area contributed by atoms with Crippen LogP contribution in [0.5, 0.6) is 0 Å². The number of rotatable bonds is 3. The highest BCUT2D eigenvalue weighted by atomic mass is 32.1. The third-order valence-electron chi connectivity index (χ3n) is 4.08. The maximum atomic E-state index is 12.1. The van der Waals surface area contributed by atoms with Crippen LogP contribution in [0.1, 0.15) is 45.2 Å². The molecule has 3 rings (SSSR count). The summed E-state index contributed by atoms with van der Waals surface area (Å²) in [5.74, 6) is 0.779. The first kappa shape index (κ1) is 14.5. The van der Waals surface area contributed by atoms with Gasteiger partial charge in [-0.3, -0.25) is 4.79 Å². The number of nitrogens with zero attached hydrogens (tertiary/aromatic N) is 4. The molecule has 2 aromatic rings.